The Morgan fingerprint density at radius 2 is 2.28 bits per heavy atom. The first kappa shape index (κ1) is 11.9. The molecule has 0 spiro atoms. The van der Waals surface area contributed by atoms with E-state index in [0.29, 0.717) is 16.9 Å². The third-order valence-corrected chi connectivity index (χ3v) is 2.70. The zero-order valence-electron chi connectivity index (χ0n) is 10.2. The second-order valence-corrected chi connectivity index (χ2v) is 3.92. The second kappa shape index (κ2) is 4.72. The van der Waals surface area contributed by atoms with Gasteiger partial charge in [-0.3, -0.25) is 4.79 Å². The number of amides is 1. The Morgan fingerprint density at radius 3 is 2.89 bits per heavy atom. The standard InChI is InChI=1S/C13H12N4O/c1-16-9-15-8-12(16)13(18)17(2)11-5-3-4-10(6-11)7-14/h3-6,8-9H,1-2H3. The fraction of sp³-hybridized carbons (Fsp3) is 0.154. The summed E-state index contributed by atoms with van der Waals surface area (Å²) in [6.45, 7) is 0. The van der Waals surface area contributed by atoms with Gasteiger partial charge in [0.1, 0.15) is 5.69 Å². The van der Waals surface area contributed by atoms with Crippen LogP contribution in [0.1, 0.15) is 16.1 Å². The van der Waals surface area contributed by atoms with E-state index < -0.39 is 0 Å². The molecule has 0 saturated carbocycles. The first-order valence-electron chi connectivity index (χ1n) is 5.38. The molecule has 0 atom stereocenters. The minimum atomic E-state index is -0.162. The van der Waals surface area contributed by atoms with Gasteiger partial charge in [0.15, 0.2) is 0 Å². The highest BCUT2D eigenvalue weighted by atomic mass is 16.2. The minimum Gasteiger partial charge on any atom is -0.330 e. The van der Waals surface area contributed by atoms with E-state index in [1.54, 1.807) is 49.3 Å². The monoisotopic (exact) mass is 240 g/mol. The van der Waals surface area contributed by atoms with E-state index in [1.807, 2.05) is 0 Å². The lowest BCUT2D eigenvalue weighted by atomic mass is 10.2. The highest BCUT2D eigenvalue weighted by Gasteiger charge is 2.16. The van der Waals surface area contributed by atoms with E-state index >= 15 is 0 Å². The normalized spacial score (nSPS) is 9.83. The third kappa shape index (κ3) is 2.09. The number of imidazole rings is 1. The highest BCUT2D eigenvalue weighted by molar-refractivity contribution is 6.04. The number of anilines is 1. The number of benzene rings is 1. The van der Waals surface area contributed by atoms with Gasteiger partial charge in [0, 0.05) is 19.8 Å². The first-order chi connectivity index (χ1) is 8.63. The van der Waals surface area contributed by atoms with Gasteiger partial charge < -0.3 is 9.47 Å². The maximum atomic E-state index is 12.2. The van der Waals surface area contributed by atoms with Crippen LogP contribution >= 0.6 is 0 Å². The molecule has 5 nitrogen and oxygen atoms in total. The lowest BCUT2D eigenvalue weighted by Crippen LogP contribution is -2.27. The molecule has 0 unspecified atom stereocenters. The zero-order valence-corrected chi connectivity index (χ0v) is 10.2. The molecule has 0 saturated heterocycles. The molecule has 0 fully saturated rings. The van der Waals surface area contributed by atoms with Crippen LogP contribution in [0, 0.1) is 11.3 Å². The van der Waals surface area contributed by atoms with Crippen LogP contribution in [-0.2, 0) is 7.05 Å². The predicted octanol–water partition coefficient (Wildman–Crippen LogP) is 1.57. The summed E-state index contributed by atoms with van der Waals surface area (Å²) in [4.78, 5) is 17.6. The molecule has 0 aliphatic carbocycles. The number of nitrogens with zero attached hydrogens (tertiary/aromatic N) is 4. The predicted molar refractivity (Wildman–Crippen MR) is 67.1 cm³/mol. The van der Waals surface area contributed by atoms with E-state index in [0.717, 1.165) is 0 Å². The number of carbonyl (C=O) groups is 1. The van der Waals surface area contributed by atoms with Gasteiger partial charge in [-0.2, -0.15) is 5.26 Å². The number of carbonyl (C=O) groups excluding carboxylic acids is 1. The summed E-state index contributed by atoms with van der Waals surface area (Å²) in [5, 5.41) is 8.84. The van der Waals surface area contributed by atoms with Gasteiger partial charge in [-0.25, -0.2) is 4.98 Å². The molecule has 0 aliphatic rings. The fourth-order valence-electron chi connectivity index (χ4n) is 1.64. The van der Waals surface area contributed by atoms with Crippen molar-refractivity contribution in [1.82, 2.24) is 9.55 Å². The van der Waals surface area contributed by atoms with Gasteiger partial charge >= 0.3 is 0 Å². The number of rotatable bonds is 2. The minimum absolute atomic E-state index is 0.162. The van der Waals surface area contributed by atoms with Crippen LogP contribution in [0.4, 0.5) is 5.69 Å². The van der Waals surface area contributed by atoms with Crippen molar-refractivity contribution >= 4 is 11.6 Å². The molecule has 2 rings (SSSR count). The van der Waals surface area contributed by atoms with Crippen molar-refractivity contribution in [2.75, 3.05) is 11.9 Å². The highest BCUT2D eigenvalue weighted by Crippen LogP contribution is 2.16. The summed E-state index contributed by atoms with van der Waals surface area (Å²) in [6.07, 6.45) is 3.10. The smallest absolute Gasteiger partial charge is 0.276 e. The van der Waals surface area contributed by atoms with E-state index in [1.165, 1.54) is 11.1 Å². The topological polar surface area (TPSA) is 61.9 Å². The Morgan fingerprint density at radius 1 is 1.50 bits per heavy atom. The van der Waals surface area contributed by atoms with Crippen LogP contribution in [0.15, 0.2) is 36.8 Å². The summed E-state index contributed by atoms with van der Waals surface area (Å²) < 4.78 is 1.66. The molecule has 5 heteroatoms. The molecular formula is C13H12N4O. The second-order valence-electron chi connectivity index (χ2n) is 3.92. The summed E-state index contributed by atoms with van der Waals surface area (Å²) in [6, 6.07) is 8.96. The van der Waals surface area contributed by atoms with Crippen LogP contribution in [0.25, 0.3) is 0 Å². The van der Waals surface area contributed by atoms with E-state index in [9.17, 15) is 4.79 Å². The van der Waals surface area contributed by atoms with Gasteiger partial charge in [-0.05, 0) is 18.2 Å². The zero-order chi connectivity index (χ0) is 13.1. The Bertz CT molecular complexity index is 624. The number of aromatic nitrogens is 2. The molecule has 1 amide bonds. The van der Waals surface area contributed by atoms with Crippen molar-refractivity contribution < 1.29 is 4.79 Å². The number of hydrogen-bond acceptors (Lipinski definition) is 3. The van der Waals surface area contributed by atoms with Crippen LogP contribution < -0.4 is 4.90 Å². The Kier molecular flexibility index (Phi) is 3.11. The number of aryl methyl sites for hydroxylation is 1. The molecule has 1 aromatic carbocycles. The van der Waals surface area contributed by atoms with Gasteiger partial charge in [-0.15, -0.1) is 0 Å². The van der Waals surface area contributed by atoms with Gasteiger partial charge in [0.2, 0.25) is 0 Å². The van der Waals surface area contributed by atoms with Crippen molar-refractivity contribution in [2.45, 2.75) is 0 Å². The molecule has 0 N–H and O–H groups in total. The Labute approximate surface area is 105 Å². The van der Waals surface area contributed by atoms with Crippen LogP contribution in [0.5, 0.6) is 0 Å². The van der Waals surface area contributed by atoms with Crippen molar-refractivity contribution in [3.63, 3.8) is 0 Å². The van der Waals surface area contributed by atoms with Crippen molar-refractivity contribution in [3.8, 4) is 6.07 Å². The number of hydrogen-bond donors (Lipinski definition) is 0. The average molecular weight is 240 g/mol. The molecule has 0 radical (unpaired) electrons. The molecule has 1 aromatic heterocycles. The quantitative estimate of drug-likeness (QED) is 0.800. The Hall–Kier alpha value is -2.61. The number of nitriles is 1. The third-order valence-electron chi connectivity index (χ3n) is 2.70. The maximum absolute atomic E-state index is 12.2. The average Bonchev–Trinajstić information content (AvgIpc) is 2.83. The molecular weight excluding hydrogens is 228 g/mol. The van der Waals surface area contributed by atoms with Crippen LogP contribution in [0.2, 0.25) is 0 Å². The molecule has 0 aliphatic heterocycles. The van der Waals surface area contributed by atoms with Crippen molar-refractivity contribution in [3.05, 3.63) is 48.0 Å². The van der Waals surface area contributed by atoms with Gasteiger partial charge in [0.05, 0.1) is 24.2 Å². The van der Waals surface area contributed by atoms with Crippen molar-refractivity contribution in [1.29, 1.82) is 5.26 Å². The summed E-state index contributed by atoms with van der Waals surface area (Å²) in [7, 11) is 3.44. The summed E-state index contributed by atoms with van der Waals surface area (Å²) in [5.74, 6) is -0.162. The lowest BCUT2D eigenvalue weighted by Gasteiger charge is -2.17. The van der Waals surface area contributed by atoms with E-state index in [-0.39, 0.29) is 5.91 Å². The van der Waals surface area contributed by atoms with E-state index in [2.05, 4.69) is 11.1 Å². The van der Waals surface area contributed by atoms with Gasteiger partial charge in [0.25, 0.3) is 5.91 Å². The molecule has 1 heterocycles. The fourth-order valence-corrected chi connectivity index (χ4v) is 1.64. The van der Waals surface area contributed by atoms with Gasteiger partial charge in [-0.1, -0.05) is 6.07 Å². The molecule has 0 bridgehead atoms. The van der Waals surface area contributed by atoms with Crippen LogP contribution in [-0.4, -0.2) is 22.5 Å². The summed E-state index contributed by atoms with van der Waals surface area (Å²) >= 11 is 0. The largest absolute Gasteiger partial charge is 0.330 e. The first-order valence-corrected chi connectivity index (χ1v) is 5.38. The SMILES string of the molecule is CN(C(=O)c1cncn1C)c1cccc(C#N)c1. The van der Waals surface area contributed by atoms with E-state index in [4.69, 9.17) is 5.26 Å². The lowest BCUT2D eigenvalue weighted by molar-refractivity contribution is 0.0985. The molecule has 90 valence electrons. The van der Waals surface area contributed by atoms with Crippen LogP contribution in [0.3, 0.4) is 0 Å². The molecule has 2 aromatic rings. The molecule has 18 heavy (non-hydrogen) atoms. The summed E-state index contributed by atoms with van der Waals surface area (Å²) in [5.41, 5.74) is 1.71. The maximum Gasteiger partial charge on any atom is 0.276 e. The van der Waals surface area contributed by atoms with Crippen molar-refractivity contribution in [2.24, 2.45) is 7.05 Å². The Balaban J connectivity index is 2.32.